The zero-order chi connectivity index (χ0) is 5.28. The maximum atomic E-state index is 10.3. The fourth-order valence-electron chi connectivity index (χ4n) is 0.434. The molecule has 0 aromatic carbocycles. The van der Waals surface area contributed by atoms with Crippen LogP contribution in [0.15, 0.2) is 0 Å². The highest BCUT2D eigenvalue weighted by Gasteiger charge is 2.16. The van der Waals surface area contributed by atoms with Gasteiger partial charge in [-0.2, -0.15) is 0 Å². The van der Waals surface area contributed by atoms with Crippen molar-refractivity contribution in [2.24, 2.45) is 5.73 Å². The molecular formula is C3H7NO2S. The monoisotopic (exact) mass is 121 g/mol. The summed E-state index contributed by atoms with van der Waals surface area (Å²) in [5.74, 6) is 0.500. The molecule has 7 heavy (non-hydrogen) atoms. The predicted octanol–water partition coefficient (Wildman–Crippen LogP) is -0.992. The zero-order valence-corrected chi connectivity index (χ0v) is 4.61. The molecule has 2 unspecified atom stereocenters. The summed E-state index contributed by atoms with van der Waals surface area (Å²) in [6.07, 6.45) is 0. The first-order valence-electron chi connectivity index (χ1n) is 2.06. The Bertz CT molecular complexity index is 94.9. The normalized spacial score (nSPS) is 41.9. The van der Waals surface area contributed by atoms with E-state index in [0.717, 1.165) is 0 Å². The van der Waals surface area contributed by atoms with E-state index in [1.54, 1.807) is 0 Å². The van der Waals surface area contributed by atoms with Crippen LogP contribution in [0.1, 0.15) is 0 Å². The van der Waals surface area contributed by atoms with Crippen LogP contribution < -0.4 is 5.73 Å². The lowest BCUT2D eigenvalue weighted by atomic mass is 10.4. The number of hydrogen-bond donors (Lipinski definition) is 1. The van der Waals surface area contributed by atoms with E-state index in [-0.39, 0.29) is 6.04 Å². The molecule has 2 N–H and O–H groups in total. The highest BCUT2D eigenvalue weighted by molar-refractivity contribution is 7.80. The molecule has 0 saturated carbocycles. The Morgan fingerprint density at radius 2 is 2.57 bits per heavy atom. The Morgan fingerprint density at radius 3 is 2.71 bits per heavy atom. The van der Waals surface area contributed by atoms with Gasteiger partial charge in [0.05, 0.1) is 12.4 Å². The van der Waals surface area contributed by atoms with Gasteiger partial charge >= 0.3 is 0 Å². The minimum atomic E-state index is -1.08. The van der Waals surface area contributed by atoms with Gasteiger partial charge in [0.2, 0.25) is 0 Å². The van der Waals surface area contributed by atoms with Crippen molar-refractivity contribution in [2.45, 2.75) is 6.04 Å². The Hall–Kier alpha value is 0.0700. The fourth-order valence-corrected chi connectivity index (χ4v) is 1.30. The van der Waals surface area contributed by atoms with Gasteiger partial charge in [0.1, 0.15) is 0 Å². The van der Waals surface area contributed by atoms with Gasteiger partial charge in [-0.05, 0) is 0 Å². The van der Waals surface area contributed by atoms with Crippen molar-refractivity contribution in [3.8, 4) is 0 Å². The molecule has 1 rings (SSSR count). The average Bonchev–Trinajstić information content (AvgIpc) is 1.87. The van der Waals surface area contributed by atoms with Crippen LogP contribution in [0, 0.1) is 0 Å². The zero-order valence-electron chi connectivity index (χ0n) is 3.79. The van der Waals surface area contributed by atoms with E-state index in [2.05, 4.69) is 4.18 Å². The molecule has 1 aliphatic heterocycles. The van der Waals surface area contributed by atoms with Crippen LogP contribution >= 0.6 is 0 Å². The van der Waals surface area contributed by atoms with Gasteiger partial charge in [-0.1, -0.05) is 0 Å². The van der Waals surface area contributed by atoms with Crippen molar-refractivity contribution in [1.82, 2.24) is 0 Å². The summed E-state index contributed by atoms with van der Waals surface area (Å²) in [6, 6.07) is 0.000772. The van der Waals surface area contributed by atoms with Crippen LogP contribution in [0.5, 0.6) is 0 Å². The van der Waals surface area contributed by atoms with Crippen molar-refractivity contribution >= 4 is 11.1 Å². The molecule has 0 aliphatic carbocycles. The molecule has 0 aromatic heterocycles. The molecule has 3 nitrogen and oxygen atoms in total. The summed E-state index contributed by atoms with van der Waals surface area (Å²) in [5, 5.41) is 0. The summed E-state index contributed by atoms with van der Waals surface area (Å²) in [7, 11) is 0. The van der Waals surface area contributed by atoms with Crippen LogP contribution in [0.25, 0.3) is 0 Å². The number of rotatable bonds is 0. The second-order valence-electron chi connectivity index (χ2n) is 1.52. The molecule has 0 bridgehead atoms. The maximum absolute atomic E-state index is 10.3. The molecule has 0 radical (unpaired) electrons. The summed E-state index contributed by atoms with van der Waals surface area (Å²) in [4.78, 5) is 0. The molecule has 0 amide bonds. The SMILES string of the molecule is NC1COS(=O)C1. The van der Waals surface area contributed by atoms with Gasteiger partial charge in [-0.15, -0.1) is 0 Å². The number of hydrogen-bond acceptors (Lipinski definition) is 3. The highest BCUT2D eigenvalue weighted by Crippen LogP contribution is 1.99. The molecule has 1 aliphatic rings. The Labute approximate surface area is 44.5 Å². The summed E-state index contributed by atoms with van der Waals surface area (Å²) < 4.78 is 14.9. The van der Waals surface area contributed by atoms with Crippen molar-refractivity contribution in [3.63, 3.8) is 0 Å². The van der Waals surface area contributed by atoms with Crippen LogP contribution in [-0.4, -0.2) is 22.6 Å². The minimum absolute atomic E-state index is 0.000772. The smallest absolute Gasteiger partial charge is 0.157 e. The largest absolute Gasteiger partial charge is 0.325 e. The van der Waals surface area contributed by atoms with E-state index < -0.39 is 11.1 Å². The fraction of sp³-hybridized carbons (Fsp3) is 1.00. The first-order chi connectivity index (χ1) is 3.29. The van der Waals surface area contributed by atoms with Gasteiger partial charge in [0.15, 0.2) is 11.1 Å². The molecule has 4 heteroatoms. The van der Waals surface area contributed by atoms with Gasteiger partial charge in [0.25, 0.3) is 0 Å². The minimum Gasteiger partial charge on any atom is -0.325 e. The quantitative estimate of drug-likeness (QED) is 0.447. The van der Waals surface area contributed by atoms with Crippen molar-refractivity contribution in [1.29, 1.82) is 0 Å². The third-order valence-corrected chi connectivity index (χ3v) is 1.86. The predicted molar refractivity (Wildman–Crippen MR) is 26.9 cm³/mol. The van der Waals surface area contributed by atoms with E-state index in [1.165, 1.54) is 0 Å². The lowest BCUT2D eigenvalue weighted by Crippen LogP contribution is -2.22. The molecule has 1 heterocycles. The molecule has 0 spiro atoms. The van der Waals surface area contributed by atoms with Crippen LogP contribution in [0.3, 0.4) is 0 Å². The first-order valence-corrected chi connectivity index (χ1v) is 3.30. The van der Waals surface area contributed by atoms with Crippen molar-refractivity contribution in [3.05, 3.63) is 0 Å². The first kappa shape index (κ1) is 5.21. The standard InChI is InChI=1S/C3H7NO2S/c4-3-1-6-7(5)2-3/h3H,1-2,4H2. The van der Waals surface area contributed by atoms with Gasteiger partial charge in [-0.3, -0.25) is 4.18 Å². The Morgan fingerprint density at radius 1 is 1.86 bits per heavy atom. The third kappa shape index (κ3) is 1.22. The maximum Gasteiger partial charge on any atom is 0.157 e. The lowest BCUT2D eigenvalue weighted by molar-refractivity contribution is 0.362. The average molecular weight is 121 g/mol. The van der Waals surface area contributed by atoms with Crippen LogP contribution in [0.2, 0.25) is 0 Å². The summed E-state index contributed by atoms with van der Waals surface area (Å²) in [5.41, 5.74) is 5.31. The Kier molecular flexibility index (Phi) is 1.41. The van der Waals surface area contributed by atoms with Gasteiger partial charge in [0, 0.05) is 6.04 Å². The Balaban J connectivity index is 2.40. The molecular weight excluding hydrogens is 114 g/mol. The summed E-state index contributed by atoms with van der Waals surface area (Å²) in [6.45, 7) is 0.451. The highest BCUT2D eigenvalue weighted by atomic mass is 32.2. The second-order valence-corrected chi connectivity index (χ2v) is 2.69. The van der Waals surface area contributed by atoms with Crippen LogP contribution in [0.4, 0.5) is 0 Å². The molecule has 2 atom stereocenters. The lowest BCUT2D eigenvalue weighted by Gasteiger charge is -1.88. The van der Waals surface area contributed by atoms with Gasteiger partial charge < -0.3 is 5.73 Å². The van der Waals surface area contributed by atoms with E-state index >= 15 is 0 Å². The van der Waals surface area contributed by atoms with Crippen LogP contribution in [-0.2, 0) is 15.3 Å². The van der Waals surface area contributed by atoms with E-state index in [9.17, 15) is 4.21 Å². The van der Waals surface area contributed by atoms with Gasteiger partial charge in [-0.25, -0.2) is 4.21 Å². The van der Waals surface area contributed by atoms with Crippen molar-refractivity contribution < 1.29 is 8.39 Å². The molecule has 1 saturated heterocycles. The van der Waals surface area contributed by atoms with Crippen molar-refractivity contribution in [2.75, 3.05) is 12.4 Å². The third-order valence-electron chi connectivity index (χ3n) is 0.764. The van der Waals surface area contributed by atoms with E-state index in [0.29, 0.717) is 12.4 Å². The number of nitrogens with two attached hydrogens (primary N) is 1. The summed E-state index contributed by atoms with van der Waals surface area (Å²) >= 11 is -1.08. The topological polar surface area (TPSA) is 52.3 Å². The van der Waals surface area contributed by atoms with E-state index in [1.807, 2.05) is 0 Å². The second kappa shape index (κ2) is 1.90. The molecule has 1 fully saturated rings. The molecule has 0 aromatic rings. The van der Waals surface area contributed by atoms with E-state index in [4.69, 9.17) is 5.73 Å². The molecule has 42 valence electrons.